The predicted octanol–water partition coefficient (Wildman–Crippen LogP) is 4.91. The van der Waals surface area contributed by atoms with Gasteiger partial charge < -0.3 is 15.0 Å². The maximum atomic E-state index is 13.1. The molecule has 0 aliphatic heterocycles. The Morgan fingerprint density at radius 3 is 2.45 bits per heavy atom. The fourth-order valence-electron chi connectivity index (χ4n) is 2.94. The molecule has 2 aromatic carbocycles. The van der Waals surface area contributed by atoms with Gasteiger partial charge in [-0.15, -0.1) is 11.8 Å². The highest BCUT2D eigenvalue weighted by Crippen LogP contribution is 2.19. The number of methoxy groups -OCH3 is 1. The highest BCUT2D eigenvalue weighted by Gasteiger charge is 2.26. The van der Waals surface area contributed by atoms with Crippen LogP contribution in [0.4, 0.5) is 0 Å². The van der Waals surface area contributed by atoms with Gasteiger partial charge in [0.05, 0.1) is 12.9 Å². The van der Waals surface area contributed by atoms with Gasteiger partial charge in [0.25, 0.3) is 0 Å². The normalized spacial score (nSPS) is 12.7. The minimum atomic E-state index is -0.581. The van der Waals surface area contributed by atoms with Gasteiger partial charge in [-0.25, -0.2) is 0 Å². The van der Waals surface area contributed by atoms with Crippen molar-refractivity contribution in [1.82, 2.24) is 10.2 Å². The zero-order valence-electron chi connectivity index (χ0n) is 18.6. The number of halogens is 1. The first-order chi connectivity index (χ1) is 14.8. The molecule has 0 saturated carbocycles. The lowest BCUT2D eigenvalue weighted by Gasteiger charge is -2.29. The van der Waals surface area contributed by atoms with E-state index in [1.807, 2.05) is 56.3 Å². The fraction of sp³-hybridized carbons (Fsp3) is 0.417. The van der Waals surface area contributed by atoms with Crippen LogP contribution in [-0.2, 0) is 21.9 Å². The van der Waals surface area contributed by atoms with Crippen molar-refractivity contribution in [3.63, 3.8) is 0 Å². The van der Waals surface area contributed by atoms with E-state index in [9.17, 15) is 9.59 Å². The molecule has 0 bridgehead atoms. The highest BCUT2D eigenvalue weighted by molar-refractivity contribution is 7.99. The number of hydrogen-bond acceptors (Lipinski definition) is 4. The predicted molar refractivity (Wildman–Crippen MR) is 129 cm³/mol. The molecule has 0 aliphatic rings. The van der Waals surface area contributed by atoms with Crippen molar-refractivity contribution in [2.24, 2.45) is 0 Å². The minimum absolute atomic E-state index is 0.0579. The number of carbonyl (C=O) groups is 2. The molecule has 2 atom stereocenters. The molecule has 0 radical (unpaired) electrons. The third kappa shape index (κ3) is 8.11. The molecule has 2 rings (SSSR count). The quantitative estimate of drug-likeness (QED) is 0.515. The van der Waals surface area contributed by atoms with Crippen molar-refractivity contribution in [3.05, 3.63) is 64.7 Å². The maximum Gasteiger partial charge on any atom is 0.242 e. The van der Waals surface area contributed by atoms with Gasteiger partial charge in [-0.3, -0.25) is 9.59 Å². The first-order valence-corrected chi connectivity index (χ1v) is 11.9. The number of benzene rings is 2. The van der Waals surface area contributed by atoms with Crippen LogP contribution in [0.1, 0.15) is 38.3 Å². The first kappa shape index (κ1) is 25.1. The van der Waals surface area contributed by atoms with Crippen molar-refractivity contribution in [3.8, 4) is 5.75 Å². The number of thioether (sulfide) groups is 1. The van der Waals surface area contributed by atoms with E-state index in [4.69, 9.17) is 16.3 Å². The fourth-order valence-corrected chi connectivity index (χ4v) is 4.02. The summed E-state index contributed by atoms with van der Waals surface area (Å²) in [5, 5.41) is 3.58. The van der Waals surface area contributed by atoms with Crippen LogP contribution in [0.3, 0.4) is 0 Å². The lowest BCUT2D eigenvalue weighted by atomic mass is 10.1. The third-order valence-corrected chi connectivity index (χ3v) is 6.29. The van der Waals surface area contributed by atoms with Crippen molar-refractivity contribution in [2.75, 3.05) is 12.9 Å². The largest absolute Gasteiger partial charge is 0.497 e. The summed E-state index contributed by atoms with van der Waals surface area (Å²) in [6, 6.07) is 14.6. The molecule has 2 amide bonds. The second-order valence-corrected chi connectivity index (χ2v) is 8.91. The Hall–Kier alpha value is -2.18. The summed E-state index contributed by atoms with van der Waals surface area (Å²) in [6.45, 7) is 6.07. The van der Waals surface area contributed by atoms with Crippen LogP contribution in [0.5, 0.6) is 5.75 Å². The van der Waals surface area contributed by atoms with E-state index in [0.29, 0.717) is 17.3 Å². The SMILES string of the molecule is CC[C@@H](C)NC(=O)[C@@H](C)N(Cc1cccc(Cl)c1)C(=O)CSCc1ccc(OC)cc1. The Morgan fingerprint density at radius 2 is 1.84 bits per heavy atom. The van der Waals surface area contributed by atoms with Crippen molar-refractivity contribution >= 4 is 35.2 Å². The molecule has 0 unspecified atom stereocenters. The monoisotopic (exact) mass is 462 g/mol. The van der Waals surface area contributed by atoms with Gasteiger partial charge >= 0.3 is 0 Å². The number of rotatable bonds is 11. The Labute approximate surface area is 194 Å². The van der Waals surface area contributed by atoms with E-state index >= 15 is 0 Å². The molecule has 0 aromatic heterocycles. The van der Waals surface area contributed by atoms with Gasteiger partial charge in [0.1, 0.15) is 11.8 Å². The second kappa shape index (κ2) is 12.6. The van der Waals surface area contributed by atoms with Crippen LogP contribution in [0.15, 0.2) is 48.5 Å². The second-order valence-electron chi connectivity index (χ2n) is 7.49. The van der Waals surface area contributed by atoms with Crippen LogP contribution < -0.4 is 10.1 Å². The van der Waals surface area contributed by atoms with Crippen molar-refractivity contribution < 1.29 is 14.3 Å². The molecular weight excluding hydrogens is 432 g/mol. The molecule has 168 valence electrons. The Bertz CT molecular complexity index is 860. The van der Waals surface area contributed by atoms with Crippen LogP contribution in [0.25, 0.3) is 0 Å². The Morgan fingerprint density at radius 1 is 1.13 bits per heavy atom. The summed E-state index contributed by atoms with van der Waals surface area (Å²) in [4.78, 5) is 27.4. The molecule has 0 spiro atoms. The van der Waals surface area contributed by atoms with Gasteiger partial charge in [0.2, 0.25) is 11.8 Å². The molecule has 2 aromatic rings. The molecule has 0 saturated heterocycles. The summed E-state index contributed by atoms with van der Waals surface area (Å²) in [5.41, 5.74) is 2.01. The van der Waals surface area contributed by atoms with Crippen molar-refractivity contribution in [2.45, 2.75) is 51.6 Å². The summed E-state index contributed by atoms with van der Waals surface area (Å²) >= 11 is 7.64. The highest BCUT2D eigenvalue weighted by atomic mass is 35.5. The smallest absolute Gasteiger partial charge is 0.242 e. The molecular formula is C24H31ClN2O3S. The van der Waals surface area contributed by atoms with Gasteiger partial charge in [-0.1, -0.05) is 42.8 Å². The minimum Gasteiger partial charge on any atom is -0.497 e. The van der Waals surface area contributed by atoms with E-state index in [1.165, 1.54) is 11.8 Å². The summed E-state index contributed by atoms with van der Waals surface area (Å²) in [5.74, 6) is 1.57. The molecule has 0 aliphatic carbocycles. The Kier molecular flexibility index (Phi) is 10.2. The molecule has 0 heterocycles. The van der Waals surface area contributed by atoms with E-state index in [0.717, 1.165) is 23.3 Å². The summed E-state index contributed by atoms with van der Waals surface area (Å²) in [7, 11) is 1.63. The van der Waals surface area contributed by atoms with Crippen LogP contribution >= 0.6 is 23.4 Å². The zero-order chi connectivity index (χ0) is 22.8. The topological polar surface area (TPSA) is 58.6 Å². The maximum absolute atomic E-state index is 13.1. The van der Waals surface area contributed by atoms with Gasteiger partial charge in [-0.2, -0.15) is 0 Å². The van der Waals surface area contributed by atoms with Crippen LogP contribution in [0, 0.1) is 0 Å². The van der Waals surface area contributed by atoms with Crippen LogP contribution in [0.2, 0.25) is 5.02 Å². The molecule has 7 heteroatoms. The number of carbonyl (C=O) groups excluding carboxylic acids is 2. The van der Waals surface area contributed by atoms with E-state index in [-0.39, 0.29) is 23.6 Å². The lowest BCUT2D eigenvalue weighted by Crippen LogP contribution is -2.50. The third-order valence-electron chi connectivity index (χ3n) is 5.06. The van der Waals surface area contributed by atoms with E-state index in [1.54, 1.807) is 25.0 Å². The number of ether oxygens (including phenoxy) is 1. The summed E-state index contributed by atoms with van der Waals surface area (Å²) < 4.78 is 5.18. The van der Waals surface area contributed by atoms with Crippen molar-refractivity contribution in [1.29, 1.82) is 0 Å². The number of amides is 2. The first-order valence-electron chi connectivity index (χ1n) is 10.4. The molecule has 31 heavy (non-hydrogen) atoms. The summed E-state index contributed by atoms with van der Waals surface area (Å²) in [6.07, 6.45) is 0.832. The van der Waals surface area contributed by atoms with Gasteiger partial charge in [-0.05, 0) is 55.7 Å². The molecule has 0 fully saturated rings. The lowest BCUT2D eigenvalue weighted by molar-refractivity contribution is -0.138. The number of hydrogen-bond donors (Lipinski definition) is 1. The van der Waals surface area contributed by atoms with E-state index in [2.05, 4.69) is 5.32 Å². The average Bonchev–Trinajstić information content (AvgIpc) is 2.77. The standard InChI is InChI=1S/C24H31ClN2O3S/c1-5-17(2)26-24(29)18(3)27(14-20-7-6-8-21(25)13-20)23(28)16-31-15-19-9-11-22(30-4)12-10-19/h6-13,17-18H,5,14-16H2,1-4H3,(H,26,29)/t17-,18-/m1/s1. The Balaban J connectivity index is 2.06. The van der Waals surface area contributed by atoms with Gasteiger partial charge in [0.15, 0.2) is 0 Å². The molecule has 1 N–H and O–H groups in total. The van der Waals surface area contributed by atoms with Gasteiger partial charge in [0, 0.05) is 23.4 Å². The number of nitrogens with one attached hydrogen (secondary N) is 1. The molecule has 5 nitrogen and oxygen atoms in total. The average molecular weight is 463 g/mol. The van der Waals surface area contributed by atoms with E-state index < -0.39 is 6.04 Å². The zero-order valence-corrected chi connectivity index (χ0v) is 20.1. The number of nitrogens with zero attached hydrogens (tertiary/aromatic N) is 1. The van der Waals surface area contributed by atoms with Crippen LogP contribution in [-0.4, -0.2) is 41.7 Å².